The van der Waals surface area contributed by atoms with E-state index in [2.05, 4.69) is 30.4 Å². The van der Waals surface area contributed by atoms with Gasteiger partial charge in [0.2, 0.25) is 11.9 Å². The van der Waals surface area contributed by atoms with E-state index >= 15 is 4.39 Å². The second kappa shape index (κ2) is 14.2. The highest BCUT2D eigenvalue weighted by Gasteiger charge is 2.28. The van der Waals surface area contributed by atoms with E-state index in [1.54, 1.807) is 29.8 Å². The van der Waals surface area contributed by atoms with Crippen LogP contribution in [0.5, 0.6) is 0 Å². The lowest BCUT2D eigenvalue weighted by Crippen LogP contribution is -2.49. The molecule has 13 nitrogen and oxygen atoms in total. The monoisotopic (exact) mass is 695 g/mol. The zero-order valence-corrected chi connectivity index (χ0v) is 29.1. The lowest BCUT2D eigenvalue weighted by Gasteiger charge is -2.38. The number of Topliss-reactive ketones (excluding diaryl/α,β-unsaturated/α-hetero) is 1. The van der Waals surface area contributed by atoms with Crippen LogP contribution in [0.25, 0.3) is 11.0 Å². The Kier molecular flexibility index (Phi) is 9.51. The molecule has 1 aromatic carbocycles. The Morgan fingerprint density at radius 1 is 1.00 bits per heavy atom. The van der Waals surface area contributed by atoms with Crippen molar-refractivity contribution in [2.75, 3.05) is 41.8 Å². The van der Waals surface area contributed by atoms with Crippen molar-refractivity contribution < 1.29 is 18.8 Å². The molecule has 51 heavy (non-hydrogen) atoms. The SMILES string of the molecule is CC(=O)c1c(C)c2cnc(Nc3ccc(N4CCC(N(C)Cc5ccc(N6CCC(=O)NC6=O)cc5F)CC4)cn3)nc2n(C2CCCC2)c1=O. The summed E-state index contributed by atoms with van der Waals surface area (Å²) >= 11 is 0. The van der Waals surface area contributed by atoms with E-state index < -0.39 is 6.03 Å². The highest BCUT2D eigenvalue weighted by Crippen LogP contribution is 2.32. The Bertz CT molecular complexity index is 2050. The molecule has 266 valence electrons. The van der Waals surface area contributed by atoms with E-state index in [1.165, 1.54) is 17.9 Å². The molecular formula is C37H42FN9O4. The number of carbonyl (C=O) groups is 3. The lowest BCUT2D eigenvalue weighted by atomic mass is 10.0. The number of pyridine rings is 2. The maximum atomic E-state index is 15.1. The zero-order chi connectivity index (χ0) is 35.8. The summed E-state index contributed by atoms with van der Waals surface area (Å²) < 4.78 is 16.8. The number of urea groups is 1. The number of nitrogens with one attached hydrogen (secondary N) is 2. The van der Waals surface area contributed by atoms with Gasteiger partial charge in [0.25, 0.3) is 5.56 Å². The minimum absolute atomic E-state index is 0.000681. The van der Waals surface area contributed by atoms with Crippen molar-refractivity contribution in [3.05, 3.63) is 75.6 Å². The van der Waals surface area contributed by atoms with Crippen molar-refractivity contribution in [1.82, 2.24) is 29.7 Å². The number of benzene rings is 1. The Morgan fingerprint density at radius 3 is 2.41 bits per heavy atom. The summed E-state index contributed by atoms with van der Waals surface area (Å²) in [5.41, 5.74) is 3.03. The van der Waals surface area contributed by atoms with E-state index in [0.717, 1.165) is 57.3 Å². The van der Waals surface area contributed by atoms with Crippen molar-refractivity contribution in [2.24, 2.45) is 0 Å². The van der Waals surface area contributed by atoms with Crippen LogP contribution in [0.1, 0.15) is 79.4 Å². The van der Waals surface area contributed by atoms with Gasteiger partial charge in [-0.3, -0.25) is 34.1 Å². The second-order valence-electron chi connectivity index (χ2n) is 13.8. The van der Waals surface area contributed by atoms with Crippen LogP contribution in [0.2, 0.25) is 0 Å². The maximum absolute atomic E-state index is 15.1. The number of aromatic nitrogens is 4. The molecule has 0 radical (unpaired) electrons. The van der Waals surface area contributed by atoms with Crippen molar-refractivity contribution >= 4 is 51.9 Å². The van der Waals surface area contributed by atoms with E-state index in [9.17, 15) is 19.2 Å². The topological polar surface area (TPSA) is 146 Å². The third-order valence-corrected chi connectivity index (χ3v) is 10.5. The van der Waals surface area contributed by atoms with Crippen LogP contribution in [-0.4, -0.2) is 74.9 Å². The first-order valence-corrected chi connectivity index (χ1v) is 17.6. The average Bonchev–Trinajstić information content (AvgIpc) is 3.64. The summed E-state index contributed by atoms with van der Waals surface area (Å²) in [4.78, 5) is 69.3. The third-order valence-electron chi connectivity index (χ3n) is 10.5. The van der Waals surface area contributed by atoms with Crippen molar-refractivity contribution in [1.29, 1.82) is 0 Å². The van der Waals surface area contributed by atoms with Gasteiger partial charge in [-0.2, -0.15) is 4.98 Å². The Labute approximate surface area is 294 Å². The molecule has 3 fully saturated rings. The standard InChI is InChI=1S/C37H42FN9O4/c1-22-29-20-40-36(43-34(29)47(26-6-4-5-7-26)35(50)33(22)23(2)48)41-31-11-10-28(19-39-31)45-15-12-25(13-16-45)44(3)21-24-8-9-27(18-30(24)38)46-17-14-32(49)42-37(46)51/h8-11,18-20,25-26H,4-7,12-17,21H2,1-3H3,(H,42,49,51)(H,39,40,41,43). The molecule has 1 saturated carbocycles. The molecule has 14 heteroatoms. The van der Waals surface area contributed by atoms with Crippen LogP contribution in [0, 0.1) is 12.7 Å². The van der Waals surface area contributed by atoms with Gasteiger partial charge in [0, 0.05) is 67.5 Å². The number of anilines is 4. The molecule has 1 aliphatic carbocycles. The maximum Gasteiger partial charge on any atom is 0.328 e. The van der Waals surface area contributed by atoms with Gasteiger partial charge in [0.05, 0.1) is 17.4 Å². The largest absolute Gasteiger partial charge is 0.370 e. The number of nitrogens with zero attached hydrogens (tertiary/aromatic N) is 7. The number of ketones is 1. The van der Waals surface area contributed by atoms with Crippen LogP contribution in [-0.2, 0) is 11.3 Å². The van der Waals surface area contributed by atoms with Crippen molar-refractivity contribution in [3.8, 4) is 0 Å². The Hall–Kier alpha value is -5.24. The first kappa shape index (κ1) is 34.2. The van der Waals surface area contributed by atoms with Crippen LogP contribution in [0.15, 0.2) is 47.5 Å². The third kappa shape index (κ3) is 6.92. The molecular weight excluding hydrogens is 653 g/mol. The molecule has 2 saturated heterocycles. The summed E-state index contributed by atoms with van der Waals surface area (Å²) in [5.74, 6) is -0.0580. The number of fused-ring (bicyclic) bond motifs is 1. The summed E-state index contributed by atoms with van der Waals surface area (Å²) in [6, 6.07) is 8.43. The van der Waals surface area contributed by atoms with Gasteiger partial charge >= 0.3 is 6.03 Å². The smallest absolute Gasteiger partial charge is 0.328 e. The van der Waals surface area contributed by atoms with Gasteiger partial charge in [-0.25, -0.2) is 19.2 Å². The van der Waals surface area contributed by atoms with E-state index in [0.29, 0.717) is 46.2 Å². The summed E-state index contributed by atoms with van der Waals surface area (Å²) in [6.45, 7) is 5.52. The van der Waals surface area contributed by atoms with Gasteiger partial charge in [-0.05, 0) is 76.4 Å². The van der Waals surface area contributed by atoms with Gasteiger partial charge < -0.3 is 10.2 Å². The van der Waals surface area contributed by atoms with E-state index in [1.807, 2.05) is 25.4 Å². The van der Waals surface area contributed by atoms with Gasteiger partial charge in [0.15, 0.2) is 5.78 Å². The average molecular weight is 696 g/mol. The number of rotatable bonds is 9. The van der Waals surface area contributed by atoms with E-state index in [-0.39, 0.29) is 53.7 Å². The Morgan fingerprint density at radius 2 is 1.75 bits per heavy atom. The van der Waals surface area contributed by atoms with Gasteiger partial charge in [-0.1, -0.05) is 18.9 Å². The number of halogens is 1. The summed E-state index contributed by atoms with van der Waals surface area (Å²) in [7, 11) is 2.00. The number of piperidine rings is 1. The molecule has 3 aromatic heterocycles. The normalized spacial score (nSPS) is 17.4. The predicted molar refractivity (Wildman–Crippen MR) is 192 cm³/mol. The lowest BCUT2D eigenvalue weighted by molar-refractivity contribution is -0.120. The predicted octanol–water partition coefficient (Wildman–Crippen LogP) is 5.24. The number of amides is 3. The van der Waals surface area contributed by atoms with Crippen LogP contribution in [0.3, 0.4) is 0 Å². The number of carbonyl (C=O) groups excluding carboxylic acids is 3. The molecule has 2 aliphatic heterocycles. The molecule has 2 N–H and O–H groups in total. The van der Waals surface area contributed by atoms with Crippen molar-refractivity contribution in [2.45, 2.75) is 77.4 Å². The van der Waals surface area contributed by atoms with Crippen molar-refractivity contribution in [3.63, 3.8) is 0 Å². The molecule has 3 amide bonds. The summed E-state index contributed by atoms with van der Waals surface area (Å²) in [5, 5.41) is 6.15. The fraction of sp³-hybridized carbons (Fsp3) is 0.432. The van der Waals surface area contributed by atoms with Crippen LogP contribution < -0.4 is 26.0 Å². The first-order chi connectivity index (χ1) is 24.6. The molecule has 4 aromatic rings. The fourth-order valence-corrected chi connectivity index (χ4v) is 7.68. The minimum atomic E-state index is -0.532. The highest BCUT2D eigenvalue weighted by molar-refractivity contribution is 6.05. The highest BCUT2D eigenvalue weighted by atomic mass is 19.1. The second-order valence-corrected chi connectivity index (χ2v) is 13.8. The zero-order valence-electron chi connectivity index (χ0n) is 29.1. The van der Waals surface area contributed by atoms with Crippen LogP contribution >= 0.6 is 0 Å². The number of hydrogen-bond acceptors (Lipinski definition) is 10. The van der Waals surface area contributed by atoms with Gasteiger partial charge in [-0.15, -0.1) is 0 Å². The summed E-state index contributed by atoms with van der Waals surface area (Å²) in [6.07, 6.45) is 9.29. The quantitative estimate of drug-likeness (QED) is 0.223. The molecule has 0 bridgehead atoms. The molecule has 3 aliphatic rings. The fourth-order valence-electron chi connectivity index (χ4n) is 7.68. The first-order valence-electron chi connectivity index (χ1n) is 17.6. The molecule has 0 unspecified atom stereocenters. The molecule has 7 rings (SSSR count). The Balaban J connectivity index is 0.977. The van der Waals surface area contributed by atoms with Gasteiger partial charge in [0.1, 0.15) is 17.3 Å². The molecule has 5 heterocycles. The minimum Gasteiger partial charge on any atom is -0.370 e. The number of hydrogen-bond donors (Lipinski definition) is 2. The molecule has 0 spiro atoms. The van der Waals surface area contributed by atoms with Crippen LogP contribution in [0.4, 0.5) is 32.3 Å². The molecule has 0 atom stereocenters. The number of aryl methyl sites for hydroxylation is 1. The van der Waals surface area contributed by atoms with E-state index in [4.69, 9.17) is 4.98 Å². The number of imide groups is 1.